The van der Waals surface area contributed by atoms with E-state index in [0.717, 1.165) is 31.9 Å². The van der Waals surface area contributed by atoms with E-state index < -0.39 is 0 Å². The molecule has 6 nitrogen and oxygen atoms in total. The Hall–Kier alpha value is -2.08. The normalized spacial score (nSPS) is 22.0. The van der Waals surface area contributed by atoms with Gasteiger partial charge in [0.15, 0.2) is 0 Å². The second kappa shape index (κ2) is 6.36. The van der Waals surface area contributed by atoms with E-state index in [0.29, 0.717) is 12.3 Å². The van der Waals surface area contributed by atoms with Gasteiger partial charge in [-0.1, -0.05) is 12.1 Å². The van der Waals surface area contributed by atoms with Gasteiger partial charge in [0.25, 0.3) is 0 Å². The predicted octanol–water partition coefficient (Wildman–Crippen LogP) is 0.480. The molecule has 0 aromatic heterocycles. The van der Waals surface area contributed by atoms with Gasteiger partial charge in [-0.3, -0.25) is 9.59 Å². The number of rotatable bonds is 3. The van der Waals surface area contributed by atoms with Crippen molar-refractivity contribution in [3.8, 4) is 5.75 Å². The summed E-state index contributed by atoms with van der Waals surface area (Å²) in [7, 11) is 1.59. The zero-order valence-electron chi connectivity index (χ0n) is 12.7. The summed E-state index contributed by atoms with van der Waals surface area (Å²) in [4.78, 5) is 28.4. The number of amides is 2. The lowest BCUT2D eigenvalue weighted by molar-refractivity contribution is -0.136. The van der Waals surface area contributed by atoms with Crippen molar-refractivity contribution in [2.24, 2.45) is 5.92 Å². The molecular weight excluding hydrogens is 282 g/mol. The van der Waals surface area contributed by atoms with E-state index in [4.69, 9.17) is 4.74 Å². The van der Waals surface area contributed by atoms with Crippen molar-refractivity contribution in [2.75, 3.05) is 44.7 Å². The molecule has 0 spiro atoms. The third-order valence-electron chi connectivity index (χ3n) is 4.28. The number of para-hydroxylation sites is 2. The summed E-state index contributed by atoms with van der Waals surface area (Å²) in [6, 6.07) is 7.42. The Balaban J connectivity index is 1.74. The zero-order chi connectivity index (χ0) is 15.5. The number of methoxy groups -OCH3 is 1. The molecule has 3 rings (SSSR count). The Labute approximate surface area is 130 Å². The highest BCUT2D eigenvalue weighted by atomic mass is 16.5. The number of carbonyl (C=O) groups excluding carboxylic acids is 2. The lowest BCUT2D eigenvalue weighted by atomic mass is 10.1. The molecule has 0 bridgehead atoms. The molecule has 1 aromatic carbocycles. The van der Waals surface area contributed by atoms with Crippen molar-refractivity contribution in [3.05, 3.63) is 24.3 Å². The standard InChI is InChI=1S/C16H21N3O3/c1-22-14-5-3-2-4-13(14)19-11-12(10-15(19)20)16(21)18-8-6-17-7-9-18/h2-5,12,17H,6-11H2,1H3/t12-/m1/s1. The molecule has 1 atom stereocenters. The number of ether oxygens (including phenoxy) is 1. The average molecular weight is 303 g/mol. The smallest absolute Gasteiger partial charge is 0.228 e. The van der Waals surface area contributed by atoms with E-state index in [2.05, 4.69) is 5.32 Å². The van der Waals surface area contributed by atoms with Crippen molar-refractivity contribution >= 4 is 17.5 Å². The van der Waals surface area contributed by atoms with E-state index in [1.165, 1.54) is 0 Å². The molecule has 0 unspecified atom stereocenters. The molecule has 1 N–H and O–H groups in total. The number of anilines is 1. The summed E-state index contributed by atoms with van der Waals surface area (Å²) in [6.07, 6.45) is 0.279. The van der Waals surface area contributed by atoms with Gasteiger partial charge < -0.3 is 19.9 Å². The summed E-state index contributed by atoms with van der Waals surface area (Å²) in [5, 5.41) is 3.23. The van der Waals surface area contributed by atoms with Gasteiger partial charge in [-0.05, 0) is 12.1 Å². The number of benzene rings is 1. The van der Waals surface area contributed by atoms with E-state index in [1.54, 1.807) is 12.0 Å². The van der Waals surface area contributed by atoms with Crippen LogP contribution in [0.15, 0.2) is 24.3 Å². The van der Waals surface area contributed by atoms with E-state index >= 15 is 0 Å². The number of piperazine rings is 1. The fraction of sp³-hybridized carbons (Fsp3) is 0.500. The molecule has 2 amide bonds. The lowest BCUT2D eigenvalue weighted by Gasteiger charge is -2.29. The van der Waals surface area contributed by atoms with Gasteiger partial charge in [-0.2, -0.15) is 0 Å². The summed E-state index contributed by atoms with van der Waals surface area (Å²) < 4.78 is 5.32. The van der Waals surface area contributed by atoms with Crippen LogP contribution in [-0.2, 0) is 9.59 Å². The quantitative estimate of drug-likeness (QED) is 0.882. The summed E-state index contributed by atoms with van der Waals surface area (Å²) >= 11 is 0. The molecular formula is C16H21N3O3. The first-order chi connectivity index (χ1) is 10.7. The van der Waals surface area contributed by atoms with Crippen LogP contribution in [0.3, 0.4) is 0 Å². The topological polar surface area (TPSA) is 61.9 Å². The van der Waals surface area contributed by atoms with E-state index in [9.17, 15) is 9.59 Å². The van der Waals surface area contributed by atoms with Gasteiger partial charge in [-0.15, -0.1) is 0 Å². The number of carbonyl (C=O) groups is 2. The third-order valence-corrected chi connectivity index (χ3v) is 4.28. The minimum Gasteiger partial charge on any atom is -0.495 e. The van der Waals surface area contributed by atoms with Crippen LogP contribution < -0.4 is 15.0 Å². The van der Waals surface area contributed by atoms with Gasteiger partial charge in [0.2, 0.25) is 11.8 Å². The van der Waals surface area contributed by atoms with Gasteiger partial charge in [-0.25, -0.2) is 0 Å². The average Bonchev–Trinajstić information content (AvgIpc) is 2.96. The Morgan fingerprint density at radius 2 is 2.00 bits per heavy atom. The van der Waals surface area contributed by atoms with Crippen molar-refractivity contribution < 1.29 is 14.3 Å². The fourth-order valence-electron chi connectivity index (χ4n) is 3.10. The minimum absolute atomic E-state index is 0.0158. The van der Waals surface area contributed by atoms with Crippen LogP contribution in [0.1, 0.15) is 6.42 Å². The second-order valence-electron chi connectivity index (χ2n) is 5.65. The monoisotopic (exact) mass is 303 g/mol. The Kier molecular flexibility index (Phi) is 4.29. The highest BCUT2D eigenvalue weighted by molar-refractivity contribution is 6.01. The fourth-order valence-corrected chi connectivity index (χ4v) is 3.10. The van der Waals surface area contributed by atoms with Gasteiger partial charge in [0, 0.05) is 39.1 Å². The van der Waals surface area contributed by atoms with Crippen LogP contribution in [0.25, 0.3) is 0 Å². The summed E-state index contributed by atoms with van der Waals surface area (Å²) in [5.74, 6) is 0.479. The van der Waals surface area contributed by atoms with Crippen LogP contribution >= 0.6 is 0 Å². The number of hydrogen-bond acceptors (Lipinski definition) is 4. The van der Waals surface area contributed by atoms with Crippen LogP contribution in [0.4, 0.5) is 5.69 Å². The molecule has 0 radical (unpaired) electrons. The Morgan fingerprint density at radius 1 is 1.27 bits per heavy atom. The highest BCUT2D eigenvalue weighted by Gasteiger charge is 2.38. The summed E-state index contributed by atoms with van der Waals surface area (Å²) in [6.45, 7) is 3.52. The maximum absolute atomic E-state index is 12.6. The number of nitrogens with zero attached hydrogens (tertiary/aromatic N) is 2. The molecule has 0 saturated carbocycles. The molecule has 2 saturated heterocycles. The van der Waals surface area contributed by atoms with Gasteiger partial charge in [0.1, 0.15) is 5.75 Å². The van der Waals surface area contributed by atoms with Crippen LogP contribution in [-0.4, -0.2) is 56.5 Å². The molecule has 118 valence electrons. The van der Waals surface area contributed by atoms with Crippen LogP contribution in [0.2, 0.25) is 0 Å². The molecule has 2 heterocycles. The first-order valence-electron chi connectivity index (χ1n) is 7.63. The molecule has 2 aliphatic heterocycles. The Morgan fingerprint density at radius 3 is 2.73 bits per heavy atom. The largest absolute Gasteiger partial charge is 0.495 e. The van der Waals surface area contributed by atoms with Gasteiger partial charge >= 0.3 is 0 Å². The van der Waals surface area contributed by atoms with Crippen molar-refractivity contribution in [1.29, 1.82) is 0 Å². The third kappa shape index (κ3) is 2.78. The van der Waals surface area contributed by atoms with E-state index in [1.807, 2.05) is 29.2 Å². The highest BCUT2D eigenvalue weighted by Crippen LogP contribution is 2.33. The minimum atomic E-state index is -0.254. The number of hydrogen-bond donors (Lipinski definition) is 1. The van der Waals surface area contributed by atoms with Crippen LogP contribution in [0, 0.1) is 5.92 Å². The SMILES string of the molecule is COc1ccccc1N1C[C@H](C(=O)N2CCNCC2)CC1=O. The maximum Gasteiger partial charge on any atom is 0.228 e. The summed E-state index contributed by atoms with van der Waals surface area (Å²) in [5.41, 5.74) is 0.741. The lowest BCUT2D eigenvalue weighted by Crippen LogP contribution is -2.48. The first kappa shape index (κ1) is 14.8. The molecule has 2 fully saturated rings. The maximum atomic E-state index is 12.6. The zero-order valence-corrected chi connectivity index (χ0v) is 12.7. The van der Waals surface area contributed by atoms with Crippen molar-refractivity contribution in [1.82, 2.24) is 10.2 Å². The molecule has 2 aliphatic rings. The molecule has 0 aliphatic carbocycles. The number of nitrogens with one attached hydrogen (secondary N) is 1. The van der Waals surface area contributed by atoms with Gasteiger partial charge in [0.05, 0.1) is 18.7 Å². The van der Waals surface area contributed by atoms with Crippen molar-refractivity contribution in [2.45, 2.75) is 6.42 Å². The molecule has 6 heteroatoms. The molecule has 1 aromatic rings. The van der Waals surface area contributed by atoms with Crippen LogP contribution in [0.5, 0.6) is 5.75 Å². The Bertz CT molecular complexity index is 570. The second-order valence-corrected chi connectivity index (χ2v) is 5.65. The predicted molar refractivity (Wildman–Crippen MR) is 82.9 cm³/mol. The first-order valence-corrected chi connectivity index (χ1v) is 7.63. The molecule has 22 heavy (non-hydrogen) atoms. The van der Waals surface area contributed by atoms with Crippen molar-refractivity contribution in [3.63, 3.8) is 0 Å². The van der Waals surface area contributed by atoms with E-state index in [-0.39, 0.29) is 24.2 Å².